The molecule has 35 heavy (non-hydrogen) atoms. The summed E-state index contributed by atoms with van der Waals surface area (Å²) in [4.78, 5) is 14.6. The molecule has 1 saturated carbocycles. The quantitative estimate of drug-likeness (QED) is 0.521. The SMILES string of the molecule is CCCS(=O)(=O)N1CCN(C2(CNC(=O)c3ccccc3C(F)(F)F)CCC(F)(F)CC2)CC1.Cl. The van der Waals surface area contributed by atoms with Crippen molar-refractivity contribution in [1.29, 1.82) is 0 Å². The lowest BCUT2D eigenvalue weighted by atomic mass is 9.78. The lowest BCUT2D eigenvalue weighted by Gasteiger charge is -2.50. The highest BCUT2D eigenvalue weighted by Crippen LogP contribution is 2.42. The van der Waals surface area contributed by atoms with Crippen molar-refractivity contribution >= 4 is 28.3 Å². The maximum atomic E-state index is 13.9. The highest BCUT2D eigenvalue weighted by molar-refractivity contribution is 7.89. The number of alkyl halides is 5. The minimum absolute atomic E-state index is 0. The Hall–Kier alpha value is -1.50. The number of nitrogens with zero attached hydrogens (tertiary/aromatic N) is 2. The Bertz CT molecular complexity index is 973. The van der Waals surface area contributed by atoms with Crippen LogP contribution in [0.1, 0.15) is 54.9 Å². The third-order valence-corrected chi connectivity index (χ3v) is 8.81. The molecular weight excluding hydrogens is 517 g/mol. The first-order chi connectivity index (χ1) is 15.8. The van der Waals surface area contributed by atoms with Crippen molar-refractivity contribution in [3.05, 3.63) is 35.4 Å². The summed E-state index contributed by atoms with van der Waals surface area (Å²) < 4.78 is 94.0. The molecule has 0 aromatic heterocycles. The Morgan fingerprint density at radius 1 is 1.03 bits per heavy atom. The summed E-state index contributed by atoms with van der Waals surface area (Å²) in [6.07, 6.45) is -4.95. The van der Waals surface area contributed by atoms with E-state index in [0.29, 0.717) is 19.5 Å². The number of sulfonamides is 1. The molecule has 1 aliphatic carbocycles. The monoisotopic (exact) mass is 547 g/mol. The van der Waals surface area contributed by atoms with Gasteiger partial charge in [0, 0.05) is 51.1 Å². The summed E-state index contributed by atoms with van der Waals surface area (Å²) in [7, 11) is -3.40. The second-order valence-electron chi connectivity index (χ2n) is 9.01. The molecule has 1 heterocycles. The van der Waals surface area contributed by atoms with Crippen LogP contribution < -0.4 is 5.32 Å². The second kappa shape index (κ2) is 11.3. The number of amides is 1. The van der Waals surface area contributed by atoms with Crippen molar-refractivity contribution < 1.29 is 35.2 Å². The lowest BCUT2D eigenvalue weighted by Crippen LogP contribution is -2.63. The second-order valence-corrected chi connectivity index (χ2v) is 11.1. The van der Waals surface area contributed by atoms with Crippen LogP contribution in [0.4, 0.5) is 22.0 Å². The van der Waals surface area contributed by atoms with Crippen LogP contribution in [0.3, 0.4) is 0 Å². The van der Waals surface area contributed by atoms with E-state index in [4.69, 9.17) is 0 Å². The van der Waals surface area contributed by atoms with Gasteiger partial charge in [0.25, 0.3) is 5.91 Å². The molecule has 200 valence electrons. The molecule has 3 rings (SSSR count). The predicted molar refractivity (Wildman–Crippen MR) is 124 cm³/mol. The third-order valence-electron chi connectivity index (χ3n) is 6.73. The van der Waals surface area contributed by atoms with Gasteiger partial charge in [0.1, 0.15) is 0 Å². The van der Waals surface area contributed by atoms with Crippen molar-refractivity contribution in [3.8, 4) is 0 Å². The summed E-state index contributed by atoms with van der Waals surface area (Å²) in [5, 5.41) is 2.55. The third kappa shape index (κ3) is 7.05. The number of carbonyl (C=O) groups is 1. The molecule has 2 aliphatic rings. The largest absolute Gasteiger partial charge is 0.417 e. The van der Waals surface area contributed by atoms with Gasteiger partial charge in [0.2, 0.25) is 15.9 Å². The van der Waals surface area contributed by atoms with Gasteiger partial charge < -0.3 is 5.32 Å². The van der Waals surface area contributed by atoms with Crippen molar-refractivity contribution in [2.45, 2.75) is 56.7 Å². The molecule has 1 aliphatic heterocycles. The molecule has 0 unspecified atom stereocenters. The number of hydrogen-bond donors (Lipinski definition) is 1. The van der Waals surface area contributed by atoms with E-state index in [1.165, 1.54) is 16.4 Å². The van der Waals surface area contributed by atoms with Gasteiger partial charge in [-0.3, -0.25) is 9.69 Å². The number of piperazine rings is 1. The normalized spacial score (nSPS) is 21.2. The maximum Gasteiger partial charge on any atom is 0.417 e. The predicted octanol–water partition coefficient (Wildman–Crippen LogP) is 4.16. The standard InChI is InChI=1S/C22H30F5N3O3S.ClH/c1-2-15-34(32,33)30-13-11-29(12-14-30)20(7-9-21(23,24)10-8-20)16-28-19(31)17-5-3-4-6-18(17)22(25,26)27;/h3-6H,2,7-16H2,1H3,(H,28,31);1H. The molecule has 0 radical (unpaired) electrons. The van der Waals surface area contributed by atoms with Crippen LogP contribution in [0.5, 0.6) is 0 Å². The van der Waals surface area contributed by atoms with E-state index in [1.807, 2.05) is 4.90 Å². The first-order valence-electron chi connectivity index (χ1n) is 11.3. The molecule has 0 bridgehead atoms. The number of rotatable bonds is 7. The summed E-state index contributed by atoms with van der Waals surface area (Å²) in [6.45, 7) is 2.66. The average Bonchev–Trinajstić information content (AvgIpc) is 2.78. The molecule has 13 heteroatoms. The zero-order valence-corrected chi connectivity index (χ0v) is 21.0. The maximum absolute atomic E-state index is 13.9. The summed E-state index contributed by atoms with van der Waals surface area (Å²) in [5.74, 6) is -3.74. The van der Waals surface area contributed by atoms with Crippen LogP contribution in [0, 0.1) is 0 Å². The molecule has 1 amide bonds. The van der Waals surface area contributed by atoms with Gasteiger partial charge in [-0.25, -0.2) is 17.2 Å². The van der Waals surface area contributed by atoms with Crippen LogP contribution in [0.2, 0.25) is 0 Å². The van der Waals surface area contributed by atoms with Crippen LogP contribution in [0.25, 0.3) is 0 Å². The topological polar surface area (TPSA) is 69.7 Å². The Morgan fingerprint density at radius 2 is 1.60 bits per heavy atom. The number of benzene rings is 1. The van der Waals surface area contributed by atoms with E-state index in [2.05, 4.69) is 5.32 Å². The molecule has 0 spiro atoms. The Labute approximate surface area is 208 Å². The van der Waals surface area contributed by atoms with Gasteiger partial charge in [0.05, 0.1) is 16.9 Å². The van der Waals surface area contributed by atoms with Crippen molar-refractivity contribution in [2.24, 2.45) is 0 Å². The van der Waals surface area contributed by atoms with E-state index in [9.17, 15) is 35.2 Å². The first kappa shape index (κ1) is 29.7. The smallest absolute Gasteiger partial charge is 0.350 e. The van der Waals surface area contributed by atoms with E-state index in [-0.39, 0.29) is 50.6 Å². The van der Waals surface area contributed by atoms with Crippen molar-refractivity contribution in [1.82, 2.24) is 14.5 Å². The summed E-state index contributed by atoms with van der Waals surface area (Å²) >= 11 is 0. The van der Waals surface area contributed by atoms with Gasteiger partial charge >= 0.3 is 6.18 Å². The molecule has 1 aromatic carbocycles. The fourth-order valence-corrected chi connectivity index (χ4v) is 6.28. The number of halogens is 6. The number of hydrogen-bond acceptors (Lipinski definition) is 4. The molecule has 6 nitrogen and oxygen atoms in total. The highest BCUT2D eigenvalue weighted by Gasteiger charge is 2.48. The van der Waals surface area contributed by atoms with E-state index >= 15 is 0 Å². The van der Waals surface area contributed by atoms with Gasteiger partial charge in [-0.2, -0.15) is 17.5 Å². The summed E-state index contributed by atoms with van der Waals surface area (Å²) in [6, 6.07) is 4.42. The van der Waals surface area contributed by atoms with Gasteiger partial charge in [-0.1, -0.05) is 19.1 Å². The molecule has 1 N–H and O–H groups in total. The van der Waals surface area contributed by atoms with Gasteiger partial charge in [-0.05, 0) is 31.4 Å². The minimum atomic E-state index is -4.71. The molecule has 2 fully saturated rings. The molecule has 0 atom stereocenters. The average molecular weight is 548 g/mol. The highest BCUT2D eigenvalue weighted by atomic mass is 35.5. The van der Waals surface area contributed by atoms with Crippen LogP contribution >= 0.6 is 12.4 Å². The van der Waals surface area contributed by atoms with Crippen molar-refractivity contribution in [3.63, 3.8) is 0 Å². The van der Waals surface area contributed by atoms with Gasteiger partial charge in [0.15, 0.2) is 0 Å². The Morgan fingerprint density at radius 3 is 2.14 bits per heavy atom. The van der Waals surface area contributed by atoms with Crippen LogP contribution in [0.15, 0.2) is 24.3 Å². The van der Waals surface area contributed by atoms with Crippen LogP contribution in [-0.2, 0) is 16.2 Å². The van der Waals surface area contributed by atoms with Gasteiger partial charge in [-0.15, -0.1) is 12.4 Å². The number of nitrogens with one attached hydrogen (secondary N) is 1. The fourth-order valence-electron chi connectivity index (χ4n) is 4.78. The molecular formula is C22H31ClF5N3O3S. The zero-order valence-electron chi connectivity index (χ0n) is 19.4. The Balaban J connectivity index is 0.00000432. The van der Waals surface area contributed by atoms with E-state index in [0.717, 1.165) is 12.1 Å². The van der Waals surface area contributed by atoms with Crippen molar-refractivity contribution in [2.75, 3.05) is 38.5 Å². The fraction of sp³-hybridized carbons (Fsp3) is 0.682. The molecule has 1 saturated heterocycles. The Kier molecular flexibility index (Phi) is 9.57. The minimum Gasteiger partial charge on any atom is -0.350 e. The van der Waals surface area contributed by atoms with E-state index in [1.54, 1.807) is 6.92 Å². The number of carbonyl (C=O) groups excluding carboxylic acids is 1. The zero-order chi connectivity index (χ0) is 25.2. The first-order valence-corrected chi connectivity index (χ1v) is 13.0. The van der Waals surface area contributed by atoms with E-state index < -0.39 is 57.5 Å². The summed E-state index contributed by atoms with van der Waals surface area (Å²) in [5.41, 5.74) is -2.47. The van der Waals surface area contributed by atoms with Crippen LogP contribution in [-0.4, -0.2) is 73.5 Å². The molecule has 1 aromatic rings. The lowest BCUT2D eigenvalue weighted by molar-refractivity contribution is -0.138.